The van der Waals surface area contributed by atoms with Crippen LogP contribution in [0.4, 0.5) is 0 Å². The van der Waals surface area contributed by atoms with Crippen LogP contribution in [0, 0.1) is 11.3 Å². The maximum Gasteiger partial charge on any atom is 0.106 e. The molecule has 0 aromatic carbocycles. The van der Waals surface area contributed by atoms with Crippen LogP contribution in [-0.4, -0.2) is 57.7 Å². The Bertz CT molecular complexity index is 700. The summed E-state index contributed by atoms with van der Waals surface area (Å²) >= 11 is 1.83. The molecule has 2 aromatic rings. The molecule has 0 amide bonds. The van der Waals surface area contributed by atoms with E-state index in [1.54, 1.807) is 0 Å². The van der Waals surface area contributed by atoms with Gasteiger partial charge in [0.25, 0.3) is 0 Å². The Kier molecular flexibility index (Phi) is 5.45. The molecule has 0 aliphatic carbocycles. The largest absolute Gasteiger partial charge is 0.396 e. The fourth-order valence-electron chi connectivity index (χ4n) is 4.69. The minimum atomic E-state index is 0.0440. The number of imidazole rings is 1. The van der Waals surface area contributed by atoms with Crippen LogP contribution in [0.2, 0.25) is 0 Å². The van der Waals surface area contributed by atoms with Crippen molar-refractivity contribution in [1.29, 1.82) is 0 Å². The highest BCUT2D eigenvalue weighted by atomic mass is 32.1. The summed E-state index contributed by atoms with van der Waals surface area (Å²) in [6.07, 6.45) is 5.42. The van der Waals surface area contributed by atoms with Crippen molar-refractivity contribution < 1.29 is 5.11 Å². The Morgan fingerprint density at radius 2 is 2.12 bits per heavy atom. The highest BCUT2D eigenvalue weighted by molar-refractivity contribution is 7.09. The Balaban J connectivity index is 1.34. The number of likely N-dealkylation sites (tertiary alicyclic amines) is 2. The van der Waals surface area contributed by atoms with Crippen molar-refractivity contribution in [1.82, 2.24) is 19.8 Å². The van der Waals surface area contributed by atoms with E-state index in [1.165, 1.54) is 23.4 Å². The van der Waals surface area contributed by atoms with Crippen molar-refractivity contribution in [3.8, 4) is 0 Å². The van der Waals surface area contributed by atoms with Crippen molar-refractivity contribution in [2.75, 3.05) is 32.8 Å². The lowest BCUT2D eigenvalue weighted by Gasteiger charge is -2.27. The minimum absolute atomic E-state index is 0.0440. The molecule has 0 radical (unpaired) electrons. The van der Waals surface area contributed by atoms with Crippen LogP contribution in [-0.2, 0) is 19.5 Å². The number of aryl methyl sites for hydroxylation is 1. The van der Waals surface area contributed by atoms with E-state index in [2.05, 4.69) is 44.2 Å². The van der Waals surface area contributed by atoms with E-state index in [0.717, 1.165) is 51.5 Å². The lowest BCUT2D eigenvalue weighted by atomic mass is 9.82. The third kappa shape index (κ3) is 3.74. The number of hydrogen-bond donors (Lipinski definition) is 2. The molecule has 5 nitrogen and oxygen atoms in total. The van der Waals surface area contributed by atoms with Gasteiger partial charge in [0.15, 0.2) is 0 Å². The number of fused-ring (bicyclic) bond motifs is 1. The number of rotatable bonds is 8. The summed E-state index contributed by atoms with van der Waals surface area (Å²) < 4.78 is 0. The number of aliphatic hydroxyl groups is 1. The Morgan fingerprint density at radius 1 is 1.31 bits per heavy atom. The maximum absolute atomic E-state index is 10.2. The molecule has 2 fully saturated rings. The summed E-state index contributed by atoms with van der Waals surface area (Å²) in [7, 11) is 0. The molecular formula is C20H30N4OS. The van der Waals surface area contributed by atoms with Gasteiger partial charge in [-0.1, -0.05) is 19.4 Å². The van der Waals surface area contributed by atoms with Gasteiger partial charge in [-0.15, -0.1) is 11.3 Å². The first-order valence-corrected chi connectivity index (χ1v) is 10.7. The third-order valence-corrected chi connectivity index (χ3v) is 6.88. The fraction of sp³-hybridized carbons (Fsp3) is 0.650. The van der Waals surface area contributed by atoms with Crippen LogP contribution < -0.4 is 0 Å². The van der Waals surface area contributed by atoms with Crippen LogP contribution in [0.15, 0.2) is 23.7 Å². The predicted molar refractivity (Wildman–Crippen MR) is 105 cm³/mol. The first-order chi connectivity index (χ1) is 12.7. The Hall–Kier alpha value is -1.21. The number of aromatic amines is 1. The van der Waals surface area contributed by atoms with Crippen molar-refractivity contribution >= 4 is 11.3 Å². The van der Waals surface area contributed by atoms with Gasteiger partial charge in [0, 0.05) is 67.9 Å². The van der Waals surface area contributed by atoms with Gasteiger partial charge in [0.1, 0.15) is 5.82 Å². The fourth-order valence-corrected chi connectivity index (χ4v) is 5.43. The summed E-state index contributed by atoms with van der Waals surface area (Å²) in [4.78, 5) is 14.5. The van der Waals surface area contributed by atoms with E-state index in [9.17, 15) is 5.11 Å². The zero-order valence-corrected chi connectivity index (χ0v) is 16.5. The average molecular weight is 375 g/mol. The SMILES string of the molecule is CCCCc1ncc(CN2CC3CN(Cc4cccs4)CC3(CO)C2)[nH]1. The van der Waals surface area contributed by atoms with Crippen molar-refractivity contribution in [3.63, 3.8) is 0 Å². The quantitative estimate of drug-likeness (QED) is 0.746. The number of H-pyrrole nitrogens is 1. The molecule has 2 unspecified atom stereocenters. The van der Waals surface area contributed by atoms with Crippen LogP contribution in [0.3, 0.4) is 0 Å². The smallest absolute Gasteiger partial charge is 0.106 e. The lowest BCUT2D eigenvalue weighted by Crippen LogP contribution is -2.36. The second-order valence-corrected chi connectivity index (χ2v) is 9.13. The number of nitrogens with zero attached hydrogens (tertiary/aromatic N) is 3. The average Bonchev–Trinajstić information content (AvgIpc) is 3.38. The highest BCUT2D eigenvalue weighted by Crippen LogP contribution is 2.43. The zero-order valence-electron chi connectivity index (χ0n) is 15.7. The topological polar surface area (TPSA) is 55.4 Å². The molecule has 2 aromatic heterocycles. The Morgan fingerprint density at radius 3 is 2.77 bits per heavy atom. The molecule has 4 rings (SSSR count). The highest BCUT2D eigenvalue weighted by Gasteiger charge is 2.51. The molecule has 142 valence electrons. The van der Waals surface area contributed by atoms with Crippen LogP contribution in [0.1, 0.15) is 36.2 Å². The molecule has 2 N–H and O–H groups in total. The van der Waals surface area contributed by atoms with Crippen molar-refractivity contribution in [2.45, 2.75) is 39.3 Å². The minimum Gasteiger partial charge on any atom is -0.396 e. The second kappa shape index (κ2) is 7.80. The molecule has 0 saturated carbocycles. The van der Waals surface area contributed by atoms with E-state index in [4.69, 9.17) is 0 Å². The Labute approximate surface area is 160 Å². The first kappa shape index (κ1) is 18.2. The molecule has 2 aliphatic rings. The summed E-state index contributed by atoms with van der Waals surface area (Å²) in [5, 5.41) is 12.3. The molecule has 4 heterocycles. The van der Waals surface area contributed by atoms with Gasteiger partial charge in [0.2, 0.25) is 0 Å². The number of hydrogen-bond acceptors (Lipinski definition) is 5. The summed E-state index contributed by atoms with van der Waals surface area (Å²) in [5.74, 6) is 1.68. The molecule has 2 saturated heterocycles. The van der Waals surface area contributed by atoms with E-state index in [1.807, 2.05) is 17.5 Å². The zero-order chi connectivity index (χ0) is 18.0. The molecule has 2 atom stereocenters. The monoisotopic (exact) mass is 374 g/mol. The lowest BCUT2D eigenvalue weighted by molar-refractivity contribution is 0.110. The number of unbranched alkanes of at least 4 members (excludes halogenated alkanes) is 1. The molecular weight excluding hydrogens is 344 g/mol. The third-order valence-electron chi connectivity index (χ3n) is 6.02. The molecule has 26 heavy (non-hydrogen) atoms. The number of nitrogens with one attached hydrogen (secondary N) is 1. The second-order valence-electron chi connectivity index (χ2n) is 8.09. The maximum atomic E-state index is 10.2. The van der Waals surface area contributed by atoms with Crippen molar-refractivity contribution in [2.24, 2.45) is 11.3 Å². The summed E-state index contributed by atoms with van der Waals surface area (Å²) in [6, 6.07) is 4.34. The normalized spacial score (nSPS) is 26.6. The van der Waals surface area contributed by atoms with Gasteiger partial charge in [-0.25, -0.2) is 4.98 Å². The number of thiophene rings is 1. The molecule has 6 heteroatoms. The predicted octanol–water partition coefficient (Wildman–Crippen LogP) is 2.74. The van der Waals surface area contributed by atoms with Gasteiger partial charge in [-0.3, -0.25) is 9.80 Å². The van der Waals surface area contributed by atoms with Gasteiger partial charge < -0.3 is 10.1 Å². The molecule has 0 spiro atoms. The van der Waals surface area contributed by atoms with E-state index < -0.39 is 0 Å². The van der Waals surface area contributed by atoms with Crippen molar-refractivity contribution in [3.05, 3.63) is 40.1 Å². The van der Waals surface area contributed by atoms with Gasteiger partial charge in [0.05, 0.1) is 6.61 Å². The number of aromatic nitrogens is 2. The summed E-state index contributed by atoms with van der Waals surface area (Å²) in [6.45, 7) is 8.61. The standard InChI is InChI=1S/C20H30N4OS/c1-2-3-6-19-21-8-17(22-19)11-23-9-16-10-24(12-18-5-4-7-26-18)14-20(16,13-23)15-25/h4-5,7-8,16,25H,2-3,6,9-15H2,1H3,(H,21,22). The number of aliphatic hydroxyl groups excluding tert-OH is 1. The molecule has 0 bridgehead atoms. The van der Waals surface area contributed by atoms with E-state index in [0.29, 0.717) is 12.5 Å². The van der Waals surface area contributed by atoms with Crippen LogP contribution in [0.25, 0.3) is 0 Å². The van der Waals surface area contributed by atoms with Crippen LogP contribution in [0.5, 0.6) is 0 Å². The van der Waals surface area contributed by atoms with E-state index in [-0.39, 0.29) is 5.41 Å². The van der Waals surface area contributed by atoms with E-state index >= 15 is 0 Å². The van der Waals surface area contributed by atoms with Crippen LogP contribution >= 0.6 is 11.3 Å². The first-order valence-electron chi connectivity index (χ1n) is 9.81. The molecule has 2 aliphatic heterocycles. The van der Waals surface area contributed by atoms with Gasteiger partial charge >= 0.3 is 0 Å². The summed E-state index contributed by atoms with van der Waals surface area (Å²) in [5.41, 5.74) is 1.25. The van der Waals surface area contributed by atoms with Gasteiger partial charge in [-0.2, -0.15) is 0 Å². The van der Waals surface area contributed by atoms with Gasteiger partial charge in [-0.05, 0) is 23.8 Å².